The first kappa shape index (κ1) is 21.2. The number of amides is 3. The normalized spacial score (nSPS) is 33.0. The highest BCUT2D eigenvalue weighted by molar-refractivity contribution is 7.99. The van der Waals surface area contributed by atoms with Crippen LogP contribution in [0.1, 0.15) is 32.6 Å². The Kier molecular flexibility index (Phi) is 7.40. The summed E-state index contributed by atoms with van der Waals surface area (Å²) >= 11 is 1.96. The Morgan fingerprint density at radius 3 is 2.82 bits per heavy atom. The van der Waals surface area contributed by atoms with Crippen LogP contribution in [-0.4, -0.2) is 48.4 Å². The number of primary amides is 1. The standard InChI is InChI=1S/C20H32N4O3S/c1-2-22-20(27)17(9-13-3-5-23-19(13)26)24-10-12-7-15(14-4-6-28-11-14)16(8-12)18(21)25/h3,5,12-17,24H,2,4,6-11H2,1H3,(H2,21,25)(H,22,27)(H,23,26)/t12?,13?,14?,15-,16-,17?/m0/s1. The van der Waals surface area contributed by atoms with Crippen LogP contribution in [0.25, 0.3) is 0 Å². The minimum Gasteiger partial charge on any atom is -0.369 e. The van der Waals surface area contributed by atoms with Gasteiger partial charge in [0.15, 0.2) is 0 Å². The Morgan fingerprint density at radius 2 is 2.21 bits per heavy atom. The van der Waals surface area contributed by atoms with Gasteiger partial charge in [-0.05, 0) is 68.4 Å². The molecular weight excluding hydrogens is 376 g/mol. The summed E-state index contributed by atoms with van der Waals surface area (Å²) in [4.78, 5) is 36.3. The fraction of sp³-hybridized carbons (Fsp3) is 0.750. The summed E-state index contributed by atoms with van der Waals surface area (Å²) < 4.78 is 0. The Labute approximate surface area is 171 Å². The van der Waals surface area contributed by atoms with Crippen molar-refractivity contribution in [3.63, 3.8) is 0 Å². The maximum Gasteiger partial charge on any atom is 0.237 e. The van der Waals surface area contributed by atoms with E-state index in [1.165, 1.54) is 12.2 Å². The minimum atomic E-state index is -0.424. The van der Waals surface area contributed by atoms with Crippen molar-refractivity contribution in [1.82, 2.24) is 16.0 Å². The average molecular weight is 409 g/mol. The van der Waals surface area contributed by atoms with Crippen molar-refractivity contribution in [2.45, 2.75) is 38.6 Å². The van der Waals surface area contributed by atoms with Crippen molar-refractivity contribution < 1.29 is 14.4 Å². The van der Waals surface area contributed by atoms with Gasteiger partial charge < -0.3 is 21.7 Å². The van der Waals surface area contributed by atoms with Crippen molar-refractivity contribution in [2.75, 3.05) is 24.6 Å². The monoisotopic (exact) mass is 408 g/mol. The maximum absolute atomic E-state index is 12.5. The second-order valence-corrected chi connectivity index (χ2v) is 9.35. The van der Waals surface area contributed by atoms with E-state index in [0.717, 1.165) is 18.6 Å². The smallest absolute Gasteiger partial charge is 0.237 e. The molecule has 7 nitrogen and oxygen atoms in total. The molecule has 3 aliphatic rings. The second-order valence-electron chi connectivity index (χ2n) is 8.20. The third-order valence-electron chi connectivity index (χ3n) is 6.35. The largest absolute Gasteiger partial charge is 0.369 e. The van der Waals surface area contributed by atoms with Gasteiger partial charge in [0.1, 0.15) is 0 Å². The van der Waals surface area contributed by atoms with E-state index in [1.54, 1.807) is 6.20 Å². The highest BCUT2D eigenvalue weighted by atomic mass is 32.2. The van der Waals surface area contributed by atoms with E-state index < -0.39 is 6.04 Å². The van der Waals surface area contributed by atoms with Crippen molar-refractivity contribution in [3.8, 4) is 0 Å². The summed E-state index contributed by atoms with van der Waals surface area (Å²) in [6.45, 7) is 3.11. The molecule has 5 N–H and O–H groups in total. The molecule has 8 heteroatoms. The van der Waals surface area contributed by atoms with Crippen LogP contribution in [0.2, 0.25) is 0 Å². The van der Waals surface area contributed by atoms with E-state index in [2.05, 4.69) is 16.0 Å². The van der Waals surface area contributed by atoms with Crippen molar-refractivity contribution in [2.24, 2.45) is 35.3 Å². The molecule has 3 rings (SSSR count). The van der Waals surface area contributed by atoms with Crippen molar-refractivity contribution in [3.05, 3.63) is 12.3 Å². The third kappa shape index (κ3) is 5.08. The number of hydrogen-bond acceptors (Lipinski definition) is 5. The molecule has 28 heavy (non-hydrogen) atoms. The van der Waals surface area contributed by atoms with E-state index in [-0.39, 0.29) is 29.6 Å². The molecule has 1 saturated heterocycles. The number of carbonyl (C=O) groups is 3. The molecule has 2 aliphatic heterocycles. The maximum atomic E-state index is 12.5. The molecule has 0 aromatic heterocycles. The first-order valence-electron chi connectivity index (χ1n) is 10.3. The van der Waals surface area contributed by atoms with Crippen LogP contribution in [0.3, 0.4) is 0 Å². The Morgan fingerprint density at radius 1 is 1.39 bits per heavy atom. The quantitative estimate of drug-likeness (QED) is 0.446. The molecule has 1 aliphatic carbocycles. The lowest BCUT2D eigenvalue weighted by atomic mass is 9.83. The van der Waals surface area contributed by atoms with Crippen LogP contribution in [0.4, 0.5) is 0 Å². The summed E-state index contributed by atoms with van der Waals surface area (Å²) in [7, 11) is 0. The van der Waals surface area contributed by atoms with Crippen molar-refractivity contribution >= 4 is 29.5 Å². The summed E-state index contributed by atoms with van der Waals surface area (Å²) in [6, 6.07) is -0.424. The number of hydrogen-bond donors (Lipinski definition) is 4. The van der Waals surface area contributed by atoms with E-state index in [4.69, 9.17) is 5.73 Å². The molecule has 2 fully saturated rings. The van der Waals surface area contributed by atoms with Gasteiger partial charge in [-0.2, -0.15) is 11.8 Å². The molecule has 0 aromatic rings. The zero-order valence-corrected chi connectivity index (χ0v) is 17.3. The molecule has 1 saturated carbocycles. The first-order valence-corrected chi connectivity index (χ1v) is 11.5. The van der Waals surface area contributed by atoms with Gasteiger partial charge in [0.05, 0.1) is 12.0 Å². The van der Waals surface area contributed by atoms with Gasteiger partial charge in [0.25, 0.3) is 0 Å². The zero-order valence-electron chi connectivity index (χ0n) is 16.5. The van der Waals surface area contributed by atoms with E-state index in [1.807, 2.05) is 24.8 Å². The van der Waals surface area contributed by atoms with Crippen LogP contribution in [0, 0.1) is 29.6 Å². The number of carbonyl (C=O) groups excluding carboxylic acids is 3. The first-order chi connectivity index (χ1) is 13.5. The van der Waals surface area contributed by atoms with Crippen LogP contribution in [-0.2, 0) is 14.4 Å². The Bertz CT molecular complexity index is 621. The predicted octanol–water partition coefficient (Wildman–Crippen LogP) is 0.611. The van der Waals surface area contributed by atoms with Gasteiger partial charge in [-0.1, -0.05) is 6.08 Å². The SMILES string of the molecule is CCNC(=O)C(CC1C=CNC1=O)NCC1C[C@H](C(N)=O)[C@H](C2CCSC2)C1. The average Bonchev–Trinajstić information content (AvgIpc) is 3.39. The Hall–Kier alpha value is -1.54. The van der Waals surface area contributed by atoms with Gasteiger partial charge in [-0.3, -0.25) is 14.4 Å². The number of thioether (sulfide) groups is 1. The lowest BCUT2D eigenvalue weighted by molar-refractivity contribution is -0.125. The van der Waals surface area contributed by atoms with Gasteiger partial charge in [-0.15, -0.1) is 0 Å². The molecule has 0 aromatic carbocycles. The van der Waals surface area contributed by atoms with Crippen LogP contribution < -0.4 is 21.7 Å². The summed E-state index contributed by atoms with van der Waals surface area (Å²) in [5.74, 6) is 2.91. The van der Waals surface area contributed by atoms with E-state index >= 15 is 0 Å². The molecule has 0 bridgehead atoms. The summed E-state index contributed by atoms with van der Waals surface area (Å²) in [6.07, 6.45) is 6.83. The molecule has 2 heterocycles. The van der Waals surface area contributed by atoms with Crippen LogP contribution in [0.15, 0.2) is 12.3 Å². The number of likely N-dealkylation sites (N-methyl/N-ethyl adjacent to an activating group) is 1. The molecule has 4 unspecified atom stereocenters. The lowest BCUT2D eigenvalue weighted by Crippen LogP contribution is -2.47. The minimum absolute atomic E-state index is 0.0537. The number of nitrogens with two attached hydrogens (primary N) is 1. The van der Waals surface area contributed by atoms with Crippen LogP contribution >= 0.6 is 11.8 Å². The molecule has 0 radical (unpaired) electrons. The number of nitrogens with one attached hydrogen (secondary N) is 3. The highest BCUT2D eigenvalue weighted by Gasteiger charge is 2.42. The summed E-state index contributed by atoms with van der Waals surface area (Å²) in [5, 5.41) is 8.90. The molecule has 0 spiro atoms. The van der Waals surface area contributed by atoms with Gasteiger partial charge in [0, 0.05) is 18.7 Å². The van der Waals surface area contributed by atoms with Gasteiger partial charge in [-0.25, -0.2) is 0 Å². The zero-order chi connectivity index (χ0) is 20.1. The summed E-state index contributed by atoms with van der Waals surface area (Å²) in [5.41, 5.74) is 5.70. The van der Waals surface area contributed by atoms with Crippen molar-refractivity contribution in [1.29, 1.82) is 0 Å². The molecule has 3 amide bonds. The fourth-order valence-corrected chi connectivity index (χ4v) is 6.21. The third-order valence-corrected chi connectivity index (χ3v) is 7.53. The highest BCUT2D eigenvalue weighted by Crippen LogP contribution is 2.45. The molecule has 6 atom stereocenters. The Balaban J connectivity index is 1.58. The fourth-order valence-electron chi connectivity index (χ4n) is 4.85. The second kappa shape index (κ2) is 9.78. The predicted molar refractivity (Wildman–Crippen MR) is 110 cm³/mol. The number of rotatable bonds is 9. The van der Waals surface area contributed by atoms with E-state index in [9.17, 15) is 14.4 Å². The van der Waals surface area contributed by atoms with Crippen LogP contribution in [0.5, 0.6) is 0 Å². The van der Waals surface area contributed by atoms with Gasteiger partial charge >= 0.3 is 0 Å². The molecule has 156 valence electrons. The van der Waals surface area contributed by atoms with Gasteiger partial charge in [0.2, 0.25) is 17.7 Å². The topological polar surface area (TPSA) is 113 Å². The lowest BCUT2D eigenvalue weighted by Gasteiger charge is -2.23. The van der Waals surface area contributed by atoms with E-state index in [0.29, 0.717) is 37.3 Å². The molecular formula is C20H32N4O3S.